The van der Waals surface area contributed by atoms with Gasteiger partial charge in [-0.25, -0.2) is 4.98 Å². The van der Waals surface area contributed by atoms with Crippen LogP contribution < -0.4 is 0 Å². The summed E-state index contributed by atoms with van der Waals surface area (Å²) < 4.78 is 7.43. The third-order valence-corrected chi connectivity index (χ3v) is 16.9. The molecule has 0 radical (unpaired) electrons. The van der Waals surface area contributed by atoms with E-state index >= 15 is 0 Å². The number of para-hydroxylation sites is 3. The number of benzene rings is 8. The average Bonchev–Trinajstić information content (AvgIpc) is 3.96. The molecule has 0 aliphatic carbocycles. The number of rotatable bonds is 6. The van der Waals surface area contributed by atoms with Crippen molar-refractivity contribution in [1.29, 1.82) is 0 Å². The lowest BCUT2D eigenvalue weighted by atomic mass is 10.1. The molecule has 12 aromatic rings. The lowest BCUT2D eigenvalue weighted by Gasteiger charge is -2.42. The van der Waals surface area contributed by atoms with Crippen LogP contribution in [0.4, 0.5) is 0 Å². The Morgan fingerprint density at radius 3 is 1.60 bits per heavy atom. The fraction of sp³-hybridized carbons (Fsp3) is 0. The largest absolute Gasteiger partial charge is 0.309 e. The number of thiophene rings is 1. The van der Waals surface area contributed by atoms with E-state index < -0.39 is 10.0 Å². The fourth-order valence-electron chi connectivity index (χ4n) is 9.33. The van der Waals surface area contributed by atoms with Crippen molar-refractivity contribution in [2.45, 2.75) is 19.6 Å². The number of nitrogens with zero attached hydrogens (tertiary/aromatic N) is 3. The second-order valence-electron chi connectivity index (χ2n) is 14.7. The molecule has 274 valence electrons. The molecule has 0 amide bonds. The van der Waals surface area contributed by atoms with Crippen LogP contribution in [0.2, 0.25) is 0 Å². The quantitative estimate of drug-likeness (QED) is 0.165. The Labute approximate surface area is 341 Å². The van der Waals surface area contributed by atoms with Gasteiger partial charge in [0, 0.05) is 73.2 Å². The van der Waals surface area contributed by atoms with E-state index in [2.05, 4.69) is 215 Å². The van der Waals surface area contributed by atoms with Crippen molar-refractivity contribution in [3.05, 3.63) is 212 Å². The second kappa shape index (κ2) is 13.1. The van der Waals surface area contributed by atoms with Gasteiger partial charge in [-0.05, 0) is 84.9 Å². The molecule has 4 aromatic heterocycles. The molecule has 12 rings (SSSR count). The third kappa shape index (κ3) is 4.72. The molecule has 4 heterocycles. The molecule has 0 saturated carbocycles. The van der Waals surface area contributed by atoms with Crippen LogP contribution in [-0.2, 0) is 0 Å². The molecule has 0 N–H and O–H groups in total. The molecule has 58 heavy (non-hydrogen) atoms. The summed E-state index contributed by atoms with van der Waals surface area (Å²) in [6.45, 7) is 0. The standard InChI is InChI=1S/C53H35N3S2/c1-4-17-36(18-5-1)55-44-27-13-10-24-42(44)51-46(55)31-32-47-52(51)43-25-11-14-28-45(43)56(47)50-35-39(33-34-54-50)58(37-19-6-2-7-20-37,38-21-8-3-9-22-38)49-30-16-26-41-40-23-12-15-29-48(40)57-53(41)49/h1-35H. The van der Waals surface area contributed by atoms with Gasteiger partial charge in [0.2, 0.25) is 0 Å². The lowest BCUT2D eigenvalue weighted by molar-refractivity contribution is 1.05. The third-order valence-electron chi connectivity index (χ3n) is 11.7. The molecular formula is C53H35N3S2. The molecule has 5 heteroatoms. The van der Waals surface area contributed by atoms with Gasteiger partial charge in [-0.15, -0.1) is 21.4 Å². The maximum absolute atomic E-state index is 5.24. The number of hydrogen-bond acceptors (Lipinski definition) is 2. The van der Waals surface area contributed by atoms with E-state index in [1.165, 1.54) is 72.3 Å². The summed E-state index contributed by atoms with van der Waals surface area (Å²) in [4.78, 5) is 10.4. The van der Waals surface area contributed by atoms with Crippen molar-refractivity contribution in [1.82, 2.24) is 14.1 Å². The van der Waals surface area contributed by atoms with E-state index in [1.807, 2.05) is 17.5 Å². The van der Waals surface area contributed by atoms with E-state index in [-0.39, 0.29) is 0 Å². The van der Waals surface area contributed by atoms with E-state index in [0.29, 0.717) is 0 Å². The van der Waals surface area contributed by atoms with Gasteiger partial charge in [-0.3, -0.25) is 4.57 Å². The molecule has 0 saturated heterocycles. The number of hydrogen-bond donors (Lipinski definition) is 0. The maximum atomic E-state index is 5.24. The number of pyridine rings is 1. The highest BCUT2D eigenvalue weighted by atomic mass is 32.3. The summed E-state index contributed by atoms with van der Waals surface area (Å²) in [6.07, 6.45) is 2.03. The molecule has 0 aliphatic heterocycles. The Morgan fingerprint density at radius 1 is 0.397 bits per heavy atom. The highest BCUT2D eigenvalue weighted by Gasteiger charge is 2.36. The van der Waals surface area contributed by atoms with Crippen LogP contribution in [0.1, 0.15) is 0 Å². The van der Waals surface area contributed by atoms with Crippen molar-refractivity contribution in [2.24, 2.45) is 0 Å². The van der Waals surface area contributed by atoms with E-state index in [9.17, 15) is 0 Å². The first-order valence-corrected chi connectivity index (χ1v) is 22.1. The minimum Gasteiger partial charge on any atom is -0.309 e. The highest BCUT2D eigenvalue weighted by molar-refractivity contribution is 8.34. The zero-order valence-electron chi connectivity index (χ0n) is 31.4. The Bertz CT molecular complexity index is 3470. The summed E-state index contributed by atoms with van der Waals surface area (Å²) in [6, 6.07) is 75.7. The van der Waals surface area contributed by atoms with Gasteiger partial charge in [0.15, 0.2) is 0 Å². The van der Waals surface area contributed by atoms with Gasteiger partial charge in [-0.2, -0.15) is 0 Å². The molecule has 0 bridgehead atoms. The summed E-state index contributed by atoms with van der Waals surface area (Å²) in [5.74, 6) is 0.905. The second-order valence-corrected chi connectivity index (χ2v) is 18.8. The van der Waals surface area contributed by atoms with Crippen LogP contribution in [0.3, 0.4) is 0 Å². The molecule has 0 fully saturated rings. The van der Waals surface area contributed by atoms with Gasteiger partial charge in [-0.1, -0.05) is 121 Å². The predicted molar refractivity (Wildman–Crippen MR) is 246 cm³/mol. The Kier molecular flexibility index (Phi) is 7.49. The summed E-state index contributed by atoms with van der Waals surface area (Å²) in [7, 11) is -2.04. The first kappa shape index (κ1) is 33.2. The average molecular weight is 778 g/mol. The zero-order valence-corrected chi connectivity index (χ0v) is 33.0. The van der Waals surface area contributed by atoms with Crippen LogP contribution in [0.5, 0.6) is 0 Å². The van der Waals surface area contributed by atoms with Crippen molar-refractivity contribution >= 4 is 85.1 Å². The summed E-state index contributed by atoms with van der Waals surface area (Å²) in [5, 5.41) is 7.56. The Morgan fingerprint density at radius 2 is 0.931 bits per heavy atom. The monoisotopic (exact) mass is 777 g/mol. The molecule has 0 aliphatic rings. The van der Waals surface area contributed by atoms with Gasteiger partial charge in [0.25, 0.3) is 0 Å². The fourth-order valence-corrected chi connectivity index (χ4v) is 14.9. The van der Waals surface area contributed by atoms with E-state index in [0.717, 1.165) is 22.5 Å². The van der Waals surface area contributed by atoms with Crippen LogP contribution in [0.25, 0.3) is 75.3 Å². The Hall–Kier alpha value is -6.92. The zero-order chi connectivity index (χ0) is 38.2. The predicted octanol–water partition coefficient (Wildman–Crippen LogP) is 15.0. The number of fused-ring (bicyclic) bond motifs is 10. The molecule has 0 unspecified atom stereocenters. The van der Waals surface area contributed by atoms with Gasteiger partial charge in [0.05, 0.1) is 22.1 Å². The van der Waals surface area contributed by atoms with Crippen LogP contribution in [0.15, 0.2) is 232 Å². The maximum Gasteiger partial charge on any atom is 0.138 e. The molecule has 0 spiro atoms. The van der Waals surface area contributed by atoms with E-state index in [1.54, 1.807) is 0 Å². The molecular weight excluding hydrogens is 743 g/mol. The van der Waals surface area contributed by atoms with Gasteiger partial charge in [0.1, 0.15) is 5.82 Å². The van der Waals surface area contributed by atoms with Crippen LogP contribution >= 0.6 is 21.4 Å². The smallest absolute Gasteiger partial charge is 0.138 e. The first-order valence-electron chi connectivity index (χ1n) is 19.6. The molecule has 3 nitrogen and oxygen atoms in total. The van der Waals surface area contributed by atoms with Gasteiger partial charge >= 0.3 is 0 Å². The lowest BCUT2D eigenvalue weighted by Crippen LogP contribution is -2.07. The SMILES string of the molecule is c1ccc(-n2c3ccccc3c3c4c5ccccc5n(-c5cc(S(c6ccccc6)(c6ccccc6)c6cccc7c6sc6ccccc67)ccn5)c4ccc32)cc1. The summed E-state index contributed by atoms with van der Waals surface area (Å²) in [5.41, 5.74) is 5.82. The van der Waals surface area contributed by atoms with Gasteiger partial charge < -0.3 is 4.57 Å². The minimum absolute atomic E-state index is 0.905. The van der Waals surface area contributed by atoms with Crippen molar-refractivity contribution < 1.29 is 0 Å². The first-order chi connectivity index (χ1) is 28.8. The molecule has 0 atom stereocenters. The van der Waals surface area contributed by atoms with Crippen LogP contribution in [-0.4, -0.2) is 14.1 Å². The van der Waals surface area contributed by atoms with Crippen molar-refractivity contribution in [2.75, 3.05) is 0 Å². The Balaban J connectivity index is 1.19. The minimum atomic E-state index is -2.04. The normalized spacial score (nSPS) is 12.4. The van der Waals surface area contributed by atoms with E-state index in [4.69, 9.17) is 4.98 Å². The van der Waals surface area contributed by atoms with Crippen LogP contribution in [0, 0.1) is 0 Å². The topological polar surface area (TPSA) is 22.8 Å². The molecule has 8 aromatic carbocycles. The van der Waals surface area contributed by atoms with Crippen molar-refractivity contribution in [3.63, 3.8) is 0 Å². The summed E-state index contributed by atoms with van der Waals surface area (Å²) >= 11 is 1.91. The number of aromatic nitrogens is 3. The highest BCUT2D eigenvalue weighted by Crippen LogP contribution is 2.75. The van der Waals surface area contributed by atoms with Crippen molar-refractivity contribution in [3.8, 4) is 11.5 Å².